The molecule has 3 unspecified atom stereocenters. The predicted octanol–water partition coefficient (Wildman–Crippen LogP) is 1.65. The molecule has 2 fully saturated rings. The smallest absolute Gasteiger partial charge is 0.251 e. The lowest BCUT2D eigenvalue weighted by atomic mass is 10.1. The van der Waals surface area contributed by atoms with Crippen molar-refractivity contribution in [3.05, 3.63) is 36.0 Å². The SMILES string of the molecule is O=C(NC1CC2CNC1C2)c1ccc2cc[nH]c2c1. The molecule has 4 rings (SSSR count). The topological polar surface area (TPSA) is 56.9 Å². The summed E-state index contributed by atoms with van der Waals surface area (Å²) in [5, 5.41) is 7.77. The summed E-state index contributed by atoms with van der Waals surface area (Å²) >= 11 is 0. The van der Waals surface area contributed by atoms with Crippen LogP contribution in [0.15, 0.2) is 30.5 Å². The molecule has 2 aromatic rings. The highest BCUT2D eigenvalue weighted by molar-refractivity contribution is 5.98. The molecule has 1 aromatic heterocycles. The molecule has 4 heteroatoms. The lowest BCUT2D eigenvalue weighted by Crippen LogP contribution is -2.47. The van der Waals surface area contributed by atoms with Crippen LogP contribution >= 0.6 is 0 Å². The van der Waals surface area contributed by atoms with Gasteiger partial charge in [-0.3, -0.25) is 4.79 Å². The highest BCUT2D eigenvalue weighted by Crippen LogP contribution is 2.31. The Kier molecular flexibility index (Phi) is 2.38. The van der Waals surface area contributed by atoms with Gasteiger partial charge in [0.2, 0.25) is 0 Å². The predicted molar refractivity (Wildman–Crippen MR) is 74.1 cm³/mol. The Labute approximate surface area is 111 Å². The molecule has 2 heterocycles. The van der Waals surface area contributed by atoms with Gasteiger partial charge in [0.05, 0.1) is 0 Å². The van der Waals surface area contributed by atoms with Crippen molar-refractivity contribution in [1.29, 1.82) is 0 Å². The number of carbonyl (C=O) groups is 1. The highest BCUT2D eigenvalue weighted by Gasteiger charge is 2.39. The Morgan fingerprint density at radius 3 is 3.00 bits per heavy atom. The van der Waals surface area contributed by atoms with Gasteiger partial charge in [-0.05, 0) is 48.9 Å². The first-order chi connectivity index (χ1) is 9.29. The van der Waals surface area contributed by atoms with Gasteiger partial charge >= 0.3 is 0 Å². The molecule has 4 nitrogen and oxygen atoms in total. The molecule has 1 saturated heterocycles. The van der Waals surface area contributed by atoms with E-state index in [1.807, 2.05) is 30.5 Å². The number of nitrogens with one attached hydrogen (secondary N) is 3. The molecule has 1 aliphatic carbocycles. The maximum Gasteiger partial charge on any atom is 0.251 e. The van der Waals surface area contributed by atoms with Crippen LogP contribution in [-0.4, -0.2) is 29.5 Å². The minimum Gasteiger partial charge on any atom is -0.361 e. The minimum atomic E-state index is 0.0378. The van der Waals surface area contributed by atoms with Crippen LogP contribution in [0.3, 0.4) is 0 Å². The second-order valence-electron chi connectivity index (χ2n) is 5.71. The van der Waals surface area contributed by atoms with Crippen LogP contribution in [0.4, 0.5) is 0 Å². The first-order valence-corrected chi connectivity index (χ1v) is 6.91. The summed E-state index contributed by atoms with van der Waals surface area (Å²) in [4.78, 5) is 15.4. The molecule has 3 atom stereocenters. The number of amides is 1. The van der Waals surface area contributed by atoms with E-state index < -0.39 is 0 Å². The van der Waals surface area contributed by atoms with Crippen LogP contribution in [0.2, 0.25) is 0 Å². The first kappa shape index (κ1) is 11.1. The molecule has 19 heavy (non-hydrogen) atoms. The number of hydrogen-bond acceptors (Lipinski definition) is 2. The molecule has 0 spiro atoms. The summed E-state index contributed by atoms with van der Waals surface area (Å²) in [6.45, 7) is 1.12. The fourth-order valence-electron chi connectivity index (χ4n) is 3.45. The summed E-state index contributed by atoms with van der Waals surface area (Å²) in [5.74, 6) is 0.789. The monoisotopic (exact) mass is 255 g/mol. The van der Waals surface area contributed by atoms with Crippen LogP contribution in [0, 0.1) is 5.92 Å². The van der Waals surface area contributed by atoms with Crippen molar-refractivity contribution in [3.63, 3.8) is 0 Å². The normalized spacial score (nSPS) is 28.9. The molecule has 1 aromatic carbocycles. The van der Waals surface area contributed by atoms with E-state index in [1.165, 1.54) is 6.42 Å². The number of aromatic nitrogens is 1. The highest BCUT2D eigenvalue weighted by atomic mass is 16.1. The average Bonchev–Trinajstić information content (AvgIpc) is 3.13. The van der Waals surface area contributed by atoms with Crippen molar-refractivity contribution in [3.8, 4) is 0 Å². The van der Waals surface area contributed by atoms with E-state index in [0.29, 0.717) is 12.1 Å². The van der Waals surface area contributed by atoms with Gasteiger partial charge in [0.15, 0.2) is 0 Å². The van der Waals surface area contributed by atoms with E-state index in [2.05, 4.69) is 15.6 Å². The summed E-state index contributed by atoms with van der Waals surface area (Å²) in [6, 6.07) is 8.59. The zero-order valence-corrected chi connectivity index (χ0v) is 10.6. The summed E-state index contributed by atoms with van der Waals surface area (Å²) in [7, 11) is 0. The molecule has 3 N–H and O–H groups in total. The fourth-order valence-corrected chi connectivity index (χ4v) is 3.45. The third kappa shape index (κ3) is 1.83. The molecular formula is C15H17N3O. The first-order valence-electron chi connectivity index (χ1n) is 6.91. The van der Waals surface area contributed by atoms with E-state index in [-0.39, 0.29) is 5.91 Å². The van der Waals surface area contributed by atoms with Gasteiger partial charge in [-0.2, -0.15) is 0 Å². The zero-order chi connectivity index (χ0) is 12.8. The number of aromatic amines is 1. The maximum atomic E-state index is 12.3. The second kappa shape index (κ2) is 4.10. The van der Waals surface area contributed by atoms with Crippen molar-refractivity contribution in [2.75, 3.05) is 6.54 Å². The lowest BCUT2D eigenvalue weighted by molar-refractivity contribution is 0.0928. The van der Waals surface area contributed by atoms with Gasteiger partial charge in [-0.15, -0.1) is 0 Å². The van der Waals surface area contributed by atoms with Crippen LogP contribution < -0.4 is 10.6 Å². The van der Waals surface area contributed by atoms with Gasteiger partial charge < -0.3 is 15.6 Å². The van der Waals surface area contributed by atoms with E-state index in [9.17, 15) is 4.79 Å². The molecule has 2 bridgehead atoms. The van der Waals surface area contributed by atoms with E-state index in [0.717, 1.165) is 35.3 Å². The van der Waals surface area contributed by atoms with Crippen molar-refractivity contribution in [2.24, 2.45) is 5.92 Å². The van der Waals surface area contributed by atoms with E-state index in [1.54, 1.807) is 0 Å². The molecule has 1 saturated carbocycles. The number of carbonyl (C=O) groups excluding carboxylic acids is 1. The molecule has 98 valence electrons. The van der Waals surface area contributed by atoms with Crippen molar-refractivity contribution < 1.29 is 4.79 Å². The summed E-state index contributed by atoms with van der Waals surface area (Å²) in [6.07, 6.45) is 4.22. The molecule has 1 amide bonds. The van der Waals surface area contributed by atoms with Gasteiger partial charge in [-0.25, -0.2) is 0 Å². The van der Waals surface area contributed by atoms with Crippen molar-refractivity contribution >= 4 is 16.8 Å². The van der Waals surface area contributed by atoms with Crippen LogP contribution in [0.1, 0.15) is 23.2 Å². The number of H-pyrrole nitrogens is 1. The van der Waals surface area contributed by atoms with E-state index in [4.69, 9.17) is 0 Å². The standard InChI is InChI=1S/C15H17N3O/c19-15(18-14-6-9-5-13(14)17-8-9)11-2-1-10-3-4-16-12(10)7-11/h1-4,7,9,13-14,16-17H,5-6,8H2,(H,18,19). The second-order valence-corrected chi connectivity index (χ2v) is 5.71. The molecule has 2 aliphatic rings. The van der Waals surface area contributed by atoms with Crippen LogP contribution in [-0.2, 0) is 0 Å². The summed E-state index contributed by atoms with van der Waals surface area (Å²) < 4.78 is 0. The largest absolute Gasteiger partial charge is 0.361 e. The Morgan fingerprint density at radius 2 is 2.21 bits per heavy atom. The number of hydrogen-bond donors (Lipinski definition) is 3. The third-order valence-electron chi connectivity index (χ3n) is 4.46. The number of fused-ring (bicyclic) bond motifs is 3. The van der Waals surface area contributed by atoms with Crippen LogP contribution in [0.5, 0.6) is 0 Å². The minimum absolute atomic E-state index is 0.0378. The average molecular weight is 255 g/mol. The maximum absolute atomic E-state index is 12.3. The van der Waals surface area contributed by atoms with Crippen molar-refractivity contribution in [2.45, 2.75) is 24.9 Å². The Hall–Kier alpha value is -1.81. The van der Waals surface area contributed by atoms with Crippen molar-refractivity contribution in [1.82, 2.24) is 15.6 Å². The third-order valence-corrected chi connectivity index (χ3v) is 4.46. The number of piperidine rings is 1. The van der Waals surface area contributed by atoms with Gasteiger partial charge in [0.25, 0.3) is 5.91 Å². The lowest BCUT2D eigenvalue weighted by Gasteiger charge is -2.24. The summed E-state index contributed by atoms with van der Waals surface area (Å²) in [5.41, 5.74) is 1.75. The zero-order valence-electron chi connectivity index (χ0n) is 10.6. The quantitative estimate of drug-likeness (QED) is 0.764. The Balaban J connectivity index is 1.53. The van der Waals surface area contributed by atoms with E-state index >= 15 is 0 Å². The van der Waals surface area contributed by atoms with Gasteiger partial charge in [0, 0.05) is 29.4 Å². The van der Waals surface area contributed by atoms with Gasteiger partial charge in [-0.1, -0.05) is 6.07 Å². The number of rotatable bonds is 2. The molecule has 0 radical (unpaired) electrons. The molecular weight excluding hydrogens is 238 g/mol. The Morgan fingerprint density at radius 1 is 1.26 bits per heavy atom. The van der Waals surface area contributed by atoms with Crippen LogP contribution in [0.25, 0.3) is 10.9 Å². The molecule has 1 aliphatic heterocycles. The van der Waals surface area contributed by atoms with Gasteiger partial charge in [0.1, 0.15) is 0 Å². The number of benzene rings is 1. The Bertz CT molecular complexity index is 633. The fraction of sp³-hybridized carbons (Fsp3) is 0.400.